The Morgan fingerprint density at radius 2 is 1.80 bits per heavy atom. The Hall–Kier alpha value is -5.22. The number of amides is 3. The molecule has 1 aromatic heterocycles. The van der Waals surface area contributed by atoms with Crippen molar-refractivity contribution in [1.82, 2.24) is 14.5 Å². The van der Waals surface area contributed by atoms with Crippen molar-refractivity contribution in [3.05, 3.63) is 64.8 Å². The molecule has 2 aromatic carbocycles. The second-order valence-electron chi connectivity index (χ2n) is 10.5. The summed E-state index contributed by atoms with van der Waals surface area (Å²) in [4.78, 5) is 41.8. The number of carbonyl (C=O) groups excluding carboxylic acids is 1. The topological polar surface area (TPSA) is 162 Å². The molecular weight excluding hydrogens is 593 g/mol. The van der Waals surface area contributed by atoms with E-state index in [1.54, 1.807) is 31.2 Å². The van der Waals surface area contributed by atoms with Crippen molar-refractivity contribution < 1.29 is 47.0 Å². The van der Waals surface area contributed by atoms with Gasteiger partial charge in [-0.3, -0.25) is 9.47 Å². The fraction of sp³-hybridized carbons (Fsp3) is 0.370. The second kappa shape index (κ2) is 11.8. The Balaban J connectivity index is 1.27. The number of aromatic nitrogens is 2. The number of ether oxygens (including phenoxy) is 3. The first kappa shape index (κ1) is 30.2. The first-order valence-electron chi connectivity index (χ1n) is 13.4. The standard InChI is InChI=1S/C27H27F3N6O8/c1-26(15-34-14-22(36(40)41)32-24(34)44-26)16-42-20-8-4-18(5-9-20)35(19-10-12-33(13-11-19)25(38)39)23(37)31-17-2-6-21(7-3-17)43-27(28,29)30/h2-9,14,19H,10-13,15-16H2,1H3,(H,31,37)(H,38,39)/t26-/m1/s1. The molecule has 0 spiro atoms. The molecule has 1 saturated heterocycles. The van der Waals surface area contributed by atoms with Crippen LogP contribution in [0, 0.1) is 10.1 Å². The first-order chi connectivity index (χ1) is 20.8. The van der Waals surface area contributed by atoms with Gasteiger partial charge in [0, 0.05) is 35.5 Å². The van der Waals surface area contributed by atoms with Crippen LogP contribution in [-0.4, -0.2) is 74.3 Å². The number of likely N-dealkylation sites (tertiary alicyclic amines) is 1. The highest BCUT2D eigenvalue weighted by Gasteiger charge is 2.41. The van der Waals surface area contributed by atoms with Crippen molar-refractivity contribution in [2.24, 2.45) is 0 Å². The van der Waals surface area contributed by atoms with E-state index in [0.29, 0.717) is 24.3 Å². The van der Waals surface area contributed by atoms with E-state index in [0.717, 1.165) is 12.1 Å². The van der Waals surface area contributed by atoms with E-state index in [1.807, 2.05) is 0 Å². The Morgan fingerprint density at radius 3 is 2.36 bits per heavy atom. The molecule has 3 aromatic rings. The maximum Gasteiger partial charge on any atom is 0.573 e. The second-order valence-corrected chi connectivity index (χ2v) is 10.5. The van der Waals surface area contributed by atoms with Crippen LogP contribution < -0.4 is 24.4 Å². The first-order valence-corrected chi connectivity index (χ1v) is 13.4. The molecule has 17 heteroatoms. The predicted octanol–water partition coefficient (Wildman–Crippen LogP) is 5.10. The van der Waals surface area contributed by atoms with Crippen LogP contribution in [0.25, 0.3) is 0 Å². The normalized spacial score (nSPS) is 18.2. The molecule has 14 nitrogen and oxygen atoms in total. The number of fused-ring (bicyclic) bond motifs is 1. The summed E-state index contributed by atoms with van der Waals surface area (Å²) in [5.74, 6) is -0.296. The van der Waals surface area contributed by atoms with E-state index < -0.39 is 34.8 Å². The summed E-state index contributed by atoms with van der Waals surface area (Å²) in [5.41, 5.74) is -0.120. The summed E-state index contributed by atoms with van der Waals surface area (Å²) in [6, 6.07) is 10.5. The molecule has 1 fully saturated rings. The summed E-state index contributed by atoms with van der Waals surface area (Å²) in [6.07, 6.45) is -3.89. The van der Waals surface area contributed by atoms with Gasteiger partial charge in [-0.15, -0.1) is 13.2 Å². The molecule has 5 rings (SSSR count). The van der Waals surface area contributed by atoms with E-state index in [4.69, 9.17) is 9.47 Å². The van der Waals surface area contributed by atoms with Gasteiger partial charge in [0.05, 0.1) is 6.54 Å². The van der Waals surface area contributed by atoms with Crippen molar-refractivity contribution in [1.29, 1.82) is 0 Å². The number of carbonyl (C=O) groups is 2. The molecule has 234 valence electrons. The van der Waals surface area contributed by atoms with Crippen LogP contribution in [0.2, 0.25) is 0 Å². The quantitative estimate of drug-likeness (QED) is 0.258. The SMILES string of the molecule is C[C@]1(COc2ccc(N(C(=O)Nc3ccc(OC(F)(F)F)cc3)C3CCN(C(=O)O)CC3)cc2)Cn2cc([N+](=O)[O-])nc2O1. The number of carboxylic acid groups (broad SMARTS) is 1. The van der Waals surface area contributed by atoms with Gasteiger partial charge in [-0.25, -0.2) is 9.59 Å². The number of nitro groups is 1. The number of rotatable bonds is 8. The predicted molar refractivity (Wildman–Crippen MR) is 147 cm³/mol. The van der Waals surface area contributed by atoms with Crippen molar-refractivity contribution in [3.8, 4) is 17.5 Å². The molecular formula is C27H27F3N6O8. The van der Waals surface area contributed by atoms with Gasteiger partial charge in [0.25, 0.3) is 0 Å². The molecule has 2 N–H and O–H groups in total. The van der Waals surface area contributed by atoms with Gasteiger partial charge in [0.1, 0.15) is 24.3 Å². The third-order valence-corrected chi connectivity index (χ3v) is 7.07. The summed E-state index contributed by atoms with van der Waals surface area (Å²) in [5, 5.41) is 22.9. The van der Waals surface area contributed by atoms with Gasteiger partial charge in [-0.05, 0) is 73.2 Å². The van der Waals surface area contributed by atoms with Gasteiger partial charge < -0.3 is 39.6 Å². The fourth-order valence-electron chi connectivity index (χ4n) is 5.03. The molecule has 2 aliphatic rings. The number of nitrogens with one attached hydrogen (secondary N) is 1. The Kier molecular flexibility index (Phi) is 8.12. The number of benzene rings is 2. The zero-order valence-corrected chi connectivity index (χ0v) is 23.2. The smallest absolute Gasteiger partial charge is 0.489 e. The van der Waals surface area contributed by atoms with E-state index in [2.05, 4.69) is 15.0 Å². The Bertz CT molecular complexity index is 1500. The molecule has 3 heterocycles. The maximum absolute atomic E-state index is 13.5. The third kappa shape index (κ3) is 7.04. The number of anilines is 2. The third-order valence-electron chi connectivity index (χ3n) is 7.07. The number of hydrogen-bond acceptors (Lipinski definition) is 8. The lowest BCUT2D eigenvalue weighted by molar-refractivity contribution is -0.389. The highest BCUT2D eigenvalue weighted by molar-refractivity contribution is 6.02. The number of piperidine rings is 1. The number of nitrogens with zero attached hydrogens (tertiary/aromatic N) is 5. The maximum atomic E-state index is 13.5. The zero-order valence-electron chi connectivity index (χ0n) is 23.2. The van der Waals surface area contributed by atoms with E-state index in [-0.39, 0.29) is 49.8 Å². The van der Waals surface area contributed by atoms with Crippen LogP contribution in [0.1, 0.15) is 19.8 Å². The summed E-state index contributed by atoms with van der Waals surface area (Å²) >= 11 is 0. The van der Waals surface area contributed by atoms with Crippen molar-refractivity contribution in [2.75, 3.05) is 29.9 Å². The molecule has 2 aliphatic heterocycles. The highest BCUT2D eigenvalue weighted by atomic mass is 19.4. The number of urea groups is 1. The van der Waals surface area contributed by atoms with E-state index in [9.17, 15) is 38.0 Å². The van der Waals surface area contributed by atoms with Gasteiger partial charge in [0.2, 0.25) is 0 Å². The molecule has 0 unspecified atom stereocenters. The van der Waals surface area contributed by atoms with Crippen LogP contribution in [0.15, 0.2) is 54.7 Å². The number of imidazole rings is 1. The Morgan fingerprint density at radius 1 is 1.16 bits per heavy atom. The number of alkyl halides is 3. The molecule has 44 heavy (non-hydrogen) atoms. The van der Waals surface area contributed by atoms with E-state index >= 15 is 0 Å². The van der Waals surface area contributed by atoms with Gasteiger partial charge in [-0.2, -0.15) is 0 Å². The highest BCUT2D eigenvalue weighted by Crippen LogP contribution is 2.33. The lowest BCUT2D eigenvalue weighted by Crippen LogP contribution is -2.50. The lowest BCUT2D eigenvalue weighted by Gasteiger charge is -2.37. The summed E-state index contributed by atoms with van der Waals surface area (Å²) < 4.78 is 54.6. The van der Waals surface area contributed by atoms with Crippen LogP contribution >= 0.6 is 0 Å². The van der Waals surface area contributed by atoms with Crippen molar-refractivity contribution in [3.63, 3.8) is 0 Å². The Labute approximate surface area is 247 Å². The minimum atomic E-state index is -4.85. The van der Waals surface area contributed by atoms with Crippen LogP contribution in [0.3, 0.4) is 0 Å². The zero-order chi connectivity index (χ0) is 31.6. The average Bonchev–Trinajstić information content (AvgIpc) is 3.49. The minimum Gasteiger partial charge on any atom is -0.489 e. The number of halogens is 3. The monoisotopic (exact) mass is 620 g/mol. The molecule has 1 atom stereocenters. The van der Waals surface area contributed by atoms with Gasteiger partial charge in [-0.1, -0.05) is 0 Å². The molecule has 0 bridgehead atoms. The molecule has 0 aliphatic carbocycles. The summed E-state index contributed by atoms with van der Waals surface area (Å²) in [7, 11) is 0. The molecule has 0 radical (unpaired) electrons. The molecule has 3 amide bonds. The van der Waals surface area contributed by atoms with Gasteiger partial charge in [0.15, 0.2) is 5.60 Å². The van der Waals surface area contributed by atoms with Gasteiger partial charge >= 0.3 is 30.3 Å². The van der Waals surface area contributed by atoms with E-state index in [1.165, 1.54) is 32.7 Å². The van der Waals surface area contributed by atoms with Crippen LogP contribution in [0.4, 0.5) is 40.0 Å². The molecule has 0 saturated carbocycles. The lowest BCUT2D eigenvalue weighted by atomic mass is 10.0. The number of hydrogen-bond donors (Lipinski definition) is 2. The van der Waals surface area contributed by atoms with Crippen LogP contribution in [0.5, 0.6) is 17.5 Å². The van der Waals surface area contributed by atoms with Crippen LogP contribution in [-0.2, 0) is 6.54 Å². The minimum absolute atomic E-state index is 0.0927. The van der Waals surface area contributed by atoms with Crippen molar-refractivity contribution in [2.45, 2.75) is 44.3 Å². The van der Waals surface area contributed by atoms with Crippen molar-refractivity contribution >= 4 is 29.3 Å². The fourth-order valence-corrected chi connectivity index (χ4v) is 5.03. The largest absolute Gasteiger partial charge is 0.573 e. The average molecular weight is 621 g/mol. The summed E-state index contributed by atoms with van der Waals surface area (Å²) in [6.45, 7) is 2.59.